The Hall–Kier alpha value is -2.53. The number of aryl methyl sites for hydroxylation is 1. The molecule has 0 spiro atoms. The number of anilines is 1. The van der Waals surface area contributed by atoms with Crippen LogP contribution < -0.4 is 15.4 Å². The normalized spacial score (nSPS) is 11.8. The topological polar surface area (TPSA) is 67.4 Å². The summed E-state index contributed by atoms with van der Waals surface area (Å²) in [6, 6.07) is 11.5. The lowest BCUT2D eigenvalue weighted by Gasteiger charge is -2.22. The van der Waals surface area contributed by atoms with Crippen molar-refractivity contribution in [2.24, 2.45) is 5.92 Å². The summed E-state index contributed by atoms with van der Waals surface area (Å²) >= 11 is 6.09. The molecule has 2 rings (SSSR count). The highest BCUT2D eigenvalue weighted by Gasteiger charge is 2.25. The van der Waals surface area contributed by atoms with Crippen LogP contribution in [-0.4, -0.2) is 25.0 Å². The Morgan fingerprint density at radius 2 is 1.73 bits per heavy atom. The van der Waals surface area contributed by atoms with E-state index >= 15 is 0 Å². The molecule has 5 nitrogen and oxygen atoms in total. The zero-order valence-electron chi connectivity index (χ0n) is 15.3. The van der Waals surface area contributed by atoms with Crippen molar-refractivity contribution in [2.75, 3.05) is 12.4 Å². The Labute approximate surface area is 158 Å². The van der Waals surface area contributed by atoms with Gasteiger partial charge in [-0.1, -0.05) is 43.1 Å². The summed E-state index contributed by atoms with van der Waals surface area (Å²) in [7, 11) is 1.52. The highest BCUT2D eigenvalue weighted by Crippen LogP contribution is 2.27. The van der Waals surface area contributed by atoms with Crippen molar-refractivity contribution < 1.29 is 14.3 Å². The minimum atomic E-state index is -0.676. The van der Waals surface area contributed by atoms with E-state index in [1.807, 2.05) is 32.9 Å². The first-order chi connectivity index (χ1) is 12.3. The molecule has 2 aromatic rings. The first kappa shape index (κ1) is 19.8. The lowest BCUT2D eigenvalue weighted by atomic mass is 10.0. The number of carbonyl (C=O) groups is 2. The molecule has 0 aromatic heterocycles. The fourth-order valence-corrected chi connectivity index (χ4v) is 2.69. The summed E-state index contributed by atoms with van der Waals surface area (Å²) in [5.74, 6) is -0.149. The monoisotopic (exact) mass is 374 g/mol. The van der Waals surface area contributed by atoms with E-state index < -0.39 is 6.04 Å². The van der Waals surface area contributed by atoms with Gasteiger partial charge >= 0.3 is 0 Å². The third-order valence-corrected chi connectivity index (χ3v) is 4.26. The van der Waals surface area contributed by atoms with Crippen LogP contribution in [0.15, 0.2) is 42.5 Å². The Kier molecular flexibility index (Phi) is 6.64. The number of hydrogen-bond acceptors (Lipinski definition) is 3. The van der Waals surface area contributed by atoms with Gasteiger partial charge in [0.1, 0.15) is 11.8 Å². The van der Waals surface area contributed by atoms with Gasteiger partial charge in [-0.3, -0.25) is 9.59 Å². The summed E-state index contributed by atoms with van der Waals surface area (Å²) in [5, 5.41) is 5.99. The number of methoxy groups -OCH3 is 1. The summed E-state index contributed by atoms with van der Waals surface area (Å²) in [5.41, 5.74) is 2.12. The maximum Gasteiger partial charge on any atom is 0.251 e. The molecule has 0 fully saturated rings. The van der Waals surface area contributed by atoms with E-state index in [4.69, 9.17) is 16.3 Å². The molecule has 6 heteroatoms. The van der Waals surface area contributed by atoms with Crippen LogP contribution in [0.4, 0.5) is 5.69 Å². The van der Waals surface area contributed by atoms with E-state index in [1.165, 1.54) is 7.11 Å². The first-order valence-corrected chi connectivity index (χ1v) is 8.71. The van der Waals surface area contributed by atoms with Crippen molar-refractivity contribution in [2.45, 2.75) is 26.8 Å². The smallest absolute Gasteiger partial charge is 0.251 e. The van der Waals surface area contributed by atoms with Gasteiger partial charge in [-0.25, -0.2) is 0 Å². The quantitative estimate of drug-likeness (QED) is 0.801. The Bertz CT molecular complexity index is 788. The van der Waals surface area contributed by atoms with Gasteiger partial charge in [0.05, 0.1) is 12.1 Å². The highest BCUT2D eigenvalue weighted by atomic mass is 35.5. The highest BCUT2D eigenvalue weighted by molar-refractivity contribution is 6.32. The van der Waals surface area contributed by atoms with Gasteiger partial charge < -0.3 is 15.4 Å². The van der Waals surface area contributed by atoms with Crippen LogP contribution in [0.1, 0.15) is 29.8 Å². The van der Waals surface area contributed by atoms with Crippen LogP contribution in [-0.2, 0) is 4.79 Å². The molecule has 1 unspecified atom stereocenters. The van der Waals surface area contributed by atoms with Crippen LogP contribution in [0.3, 0.4) is 0 Å². The van der Waals surface area contributed by atoms with Crippen molar-refractivity contribution in [1.82, 2.24) is 5.32 Å². The number of ether oxygens (including phenoxy) is 1. The standard InChI is InChI=1S/C20H23ClN2O3/c1-12(2)18(23-19(24)14-7-5-13(3)6-8-14)20(25)22-15-9-10-17(26-4)16(21)11-15/h5-12,18H,1-4H3,(H,22,25)(H,23,24). The number of carbonyl (C=O) groups excluding carboxylic acids is 2. The lowest BCUT2D eigenvalue weighted by molar-refractivity contribution is -0.118. The Morgan fingerprint density at radius 1 is 1.08 bits per heavy atom. The maximum absolute atomic E-state index is 12.6. The molecule has 0 heterocycles. The molecule has 0 aliphatic rings. The zero-order chi connectivity index (χ0) is 19.3. The molecule has 138 valence electrons. The van der Waals surface area contributed by atoms with E-state index in [9.17, 15) is 9.59 Å². The molecule has 26 heavy (non-hydrogen) atoms. The fourth-order valence-electron chi connectivity index (χ4n) is 2.43. The van der Waals surface area contributed by atoms with Crippen LogP contribution in [0.2, 0.25) is 5.02 Å². The number of hydrogen-bond donors (Lipinski definition) is 2. The summed E-state index contributed by atoms with van der Waals surface area (Å²) in [6.45, 7) is 5.70. The van der Waals surface area contributed by atoms with Gasteiger partial charge in [0.15, 0.2) is 0 Å². The second-order valence-electron chi connectivity index (χ2n) is 6.40. The van der Waals surface area contributed by atoms with Gasteiger partial charge in [0.25, 0.3) is 5.91 Å². The van der Waals surface area contributed by atoms with Gasteiger partial charge in [-0.15, -0.1) is 0 Å². The van der Waals surface area contributed by atoms with Crippen molar-refractivity contribution in [3.63, 3.8) is 0 Å². The van der Waals surface area contributed by atoms with E-state index in [0.29, 0.717) is 22.0 Å². The van der Waals surface area contributed by atoms with Crippen molar-refractivity contribution >= 4 is 29.1 Å². The summed E-state index contributed by atoms with van der Waals surface area (Å²) in [6.07, 6.45) is 0. The summed E-state index contributed by atoms with van der Waals surface area (Å²) in [4.78, 5) is 25.1. The number of nitrogens with one attached hydrogen (secondary N) is 2. The third-order valence-electron chi connectivity index (χ3n) is 3.97. The van der Waals surface area contributed by atoms with Gasteiger partial charge in [-0.2, -0.15) is 0 Å². The minimum Gasteiger partial charge on any atom is -0.495 e. The van der Waals surface area contributed by atoms with Gasteiger partial charge in [0, 0.05) is 11.3 Å². The lowest BCUT2D eigenvalue weighted by Crippen LogP contribution is -2.47. The summed E-state index contributed by atoms with van der Waals surface area (Å²) < 4.78 is 5.10. The van der Waals surface area contributed by atoms with Gasteiger partial charge in [-0.05, 0) is 43.2 Å². The molecule has 0 radical (unpaired) electrons. The molecule has 0 saturated carbocycles. The van der Waals surface area contributed by atoms with E-state index in [2.05, 4.69) is 10.6 Å². The second-order valence-corrected chi connectivity index (χ2v) is 6.81. The average Bonchev–Trinajstić information content (AvgIpc) is 2.59. The zero-order valence-corrected chi connectivity index (χ0v) is 16.1. The number of benzene rings is 2. The fraction of sp³-hybridized carbons (Fsp3) is 0.300. The predicted molar refractivity (Wildman–Crippen MR) is 104 cm³/mol. The van der Waals surface area contributed by atoms with E-state index in [-0.39, 0.29) is 17.7 Å². The predicted octanol–water partition coefficient (Wildman–Crippen LogP) is 4.05. The molecule has 0 aliphatic heterocycles. The Morgan fingerprint density at radius 3 is 2.27 bits per heavy atom. The van der Waals surface area contributed by atoms with Crippen molar-refractivity contribution in [1.29, 1.82) is 0 Å². The van der Waals surface area contributed by atoms with Crippen molar-refractivity contribution in [3.8, 4) is 5.75 Å². The van der Waals surface area contributed by atoms with Gasteiger partial charge in [0.2, 0.25) is 5.91 Å². The molecule has 1 atom stereocenters. The largest absolute Gasteiger partial charge is 0.495 e. The van der Waals surface area contributed by atoms with Crippen LogP contribution in [0, 0.1) is 12.8 Å². The average molecular weight is 375 g/mol. The Balaban J connectivity index is 2.10. The molecule has 0 saturated heterocycles. The second kappa shape index (κ2) is 8.72. The van der Waals surface area contributed by atoms with Crippen LogP contribution in [0.5, 0.6) is 5.75 Å². The SMILES string of the molecule is COc1ccc(NC(=O)C(NC(=O)c2ccc(C)cc2)C(C)C)cc1Cl. The molecular formula is C20H23ClN2O3. The molecular weight excluding hydrogens is 352 g/mol. The molecule has 0 bridgehead atoms. The molecule has 2 N–H and O–H groups in total. The minimum absolute atomic E-state index is 0.0851. The number of halogens is 1. The maximum atomic E-state index is 12.6. The van der Waals surface area contributed by atoms with E-state index in [1.54, 1.807) is 30.3 Å². The molecule has 2 aromatic carbocycles. The van der Waals surface area contributed by atoms with E-state index in [0.717, 1.165) is 5.56 Å². The number of amides is 2. The van der Waals surface area contributed by atoms with Crippen LogP contribution in [0.25, 0.3) is 0 Å². The number of rotatable bonds is 6. The molecule has 0 aliphatic carbocycles. The van der Waals surface area contributed by atoms with Crippen LogP contribution >= 0.6 is 11.6 Å². The first-order valence-electron chi connectivity index (χ1n) is 8.33. The molecule has 2 amide bonds. The third kappa shape index (κ3) is 4.99. The van der Waals surface area contributed by atoms with Crippen molar-refractivity contribution in [3.05, 3.63) is 58.6 Å².